The molecular formula is C14H28O2. The zero-order chi connectivity index (χ0) is 12.0. The van der Waals surface area contributed by atoms with Crippen molar-refractivity contribution >= 4 is 0 Å². The average Bonchev–Trinajstić information content (AvgIpc) is 2.24. The van der Waals surface area contributed by atoms with Gasteiger partial charge in [-0.2, -0.15) is 0 Å². The van der Waals surface area contributed by atoms with Gasteiger partial charge < -0.3 is 9.47 Å². The first kappa shape index (κ1) is 14.0. The predicted octanol–water partition coefficient (Wildman–Crippen LogP) is 3.64. The Balaban J connectivity index is 2.31. The van der Waals surface area contributed by atoms with Crippen molar-refractivity contribution in [1.29, 1.82) is 0 Å². The lowest BCUT2D eigenvalue weighted by atomic mass is 9.87. The number of hydrogen-bond acceptors (Lipinski definition) is 2. The van der Waals surface area contributed by atoms with Gasteiger partial charge in [-0.1, -0.05) is 26.7 Å². The van der Waals surface area contributed by atoms with Crippen molar-refractivity contribution in [2.24, 2.45) is 11.8 Å². The van der Waals surface area contributed by atoms with E-state index in [1.807, 2.05) is 0 Å². The van der Waals surface area contributed by atoms with Crippen molar-refractivity contribution in [3.8, 4) is 0 Å². The molecule has 0 saturated heterocycles. The van der Waals surface area contributed by atoms with E-state index in [1.54, 1.807) is 0 Å². The highest BCUT2D eigenvalue weighted by molar-refractivity contribution is 4.76. The highest BCUT2D eigenvalue weighted by Crippen LogP contribution is 2.27. The Labute approximate surface area is 101 Å². The van der Waals surface area contributed by atoms with Crippen LogP contribution >= 0.6 is 0 Å². The second-order valence-electron chi connectivity index (χ2n) is 5.69. The lowest BCUT2D eigenvalue weighted by Crippen LogP contribution is -2.32. The van der Waals surface area contributed by atoms with Gasteiger partial charge in [-0.15, -0.1) is 0 Å². The van der Waals surface area contributed by atoms with E-state index < -0.39 is 0 Å². The monoisotopic (exact) mass is 228 g/mol. The van der Waals surface area contributed by atoms with Gasteiger partial charge in [0.25, 0.3) is 0 Å². The van der Waals surface area contributed by atoms with Gasteiger partial charge in [0, 0.05) is 12.5 Å². The number of rotatable bonds is 6. The van der Waals surface area contributed by atoms with Crippen LogP contribution in [0.1, 0.15) is 53.4 Å². The summed E-state index contributed by atoms with van der Waals surface area (Å²) in [5.41, 5.74) is 0. The minimum absolute atomic E-state index is 0.340. The standard InChI is InChI=1S/C14H28O2/c1-11(2)9-16-14-8-6-5-7-13(14)10-15-12(3)4/h11-14H,5-10H2,1-4H3. The van der Waals surface area contributed by atoms with E-state index in [0.29, 0.717) is 24.0 Å². The second-order valence-corrected chi connectivity index (χ2v) is 5.69. The Bertz CT molecular complexity index is 158. The first-order chi connectivity index (χ1) is 7.59. The Kier molecular flexibility index (Phi) is 6.37. The van der Waals surface area contributed by atoms with Gasteiger partial charge in [-0.3, -0.25) is 0 Å². The van der Waals surface area contributed by atoms with Gasteiger partial charge in [0.1, 0.15) is 0 Å². The Morgan fingerprint density at radius 2 is 1.75 bits per heavy atom. The molecule has 1 aliphatic rings. The first-order valence-corrected chi connectivity index (χ1v) is 6.82. The van der Waals surface area contributed by atoms with Crippen LogP contribution in [0.4, 0.5) is 0 Å². The third-order valence-electron chi connectivity index (χ3n) is 3.13. The van der Waals surface area contributed by atoms with Crippen LogP contribution in [0.15, 0.2) is 0 Å². The van der Waals surface area contributed by atoms with Gasteiger partial charge in [0.15, 0.2) is 0 Å². The second kappa shape index (κ2) is 7.29. The molecule has 16 heavy (non-hydrogen) atoms. The van der Waals surface area contributed by atoms with Gasteiger partial charge in [0.05, 0.1) is 18.8 Å². The van der Waals surface area contributed by atoms with Crippen LogP contribution in [0.2, 0.25) is 0 Å². The van der Waals surface area contributed by atoms with E-state index in [-0.39, 0.29) is 0 Å². The summed E-state index contributed by atoms with van der Waals surface area (Å²) in [6, 6.07) is 0. The minimum atomic E-state index is 0.340. The van der Waals surface area contributed by atoms with E-state index in [1.165, 1.54) is 25.7 Å². The van der Waals surface area contributed by atoms with Crippen LogP contribution < -0.4 is 0 Å². The lowest BCUT2D eigenvalue weighted by molar-refractivity contribution is -0.0600. The molecular weight excluding hydrogens is 200 g/mol. The van der Waals surface area contributed by atoms with Crippen LogP contribution in [-0.2, 0) is 9.47 Å². The molecule has 0 N–H and O–H groups in total. The topological polar surface area (TPSA) is 18.5 Å². The van der Waals surface area contributed by atoms with Crippen molar-refractivity contribution in [2.75, 3.05) is 13.2 Å². The summed E-state index contributed by atoms with van der Waals surface area (Å²) in [7, 11) is 0. The highest BCUT2D eigenvalue weighted by Gasteiger charge is 2.26. The van der Waals surface area contributed by atoms with Gasteiger partial charge in [-0.25, -0.2) is 0 Å². The summed E-state index contributed by atoms with van der Waals surface area (Å²) in [4.78, 5) is 0. The van der Waals surface area contributed by atoms with Crippen molar-refractivity contribution < 1.29 is 9.47 Å². The molecule has 96 valence electrons. The van der Waals surface area contributed by atoms with Crippen LogP contribution in [0.3, 0.4) is 0 Å². The molecule has 2 heteroatoms. The molecule has 0 amide bonds. The largest absolute Gasteiger partial charge is 0.378 e. The maximum Gasteiger partial charge on any atom is 0.0625 e. The molecule has 0 spiro atoms. The first-order valence-electron chi connectivity index (χ1n) is 6.82. The third kappa shape index (κ3) is 5.31. The summed E-state index contributed by atoms with van der Waals surface area (Å²) in [6.07, 6.45) is 5.94. The molecule has 0 aromatic rings. The highest BCUT2D eigenvalue weighted by atomic mass is 16.5. The summed E-state index contributed by atoms with van der Waals surface area (Å²) < 4.78 is 11.7. The third-order valence-corrected chi connectivity index (χ3v) is 3.13. The van der Waals surface area contributed by atoms with E-state index >= 15 is 0 Å². The van der Waals surface area contributed by atoms with Crippen LogP contribution in [0, 0.1) is 11.8 Å². The molecule has 2 unspecified atom stereocenters. The zero-order valence-corrected chi connectivity index (χ0v) is 11.4. The summed E-state index contributed by atoms with van der Waals surface area (Å²) in [5.74, 6) is 1.25. The molecule has 1 saturated carbocycles. The molecule has 2 nitrogen and oxygen atoms in total. The molecule has 1 fully saturated rings. The number of ether oxygens (including phenoxy) is 2. The Morgan fingerprint density at radius 3 is 2.38 bits per heavy atom. The van der Waals surface area contributed by atoms with Crippen LogP contribution in [0.25, 0.3) is 0 Å². The van der Waals surface area contributed by atoms with Gasteiger partial charge in [0.2, 0.25) is 0 Å². The molecule has 0 heterocycles. The average molecular weight is 228 g/mol. The normalized spacial score (nSPS) is 26.6. The fourth-order valence-electron chi connectivity index (χ4n) is 2.22. The van der Waals surface area contributed by atoms with Crippen LogP contribution in [0.5, 0.6) is 0 Å². The van der Waals surface area contributed by atoms with E-state index in [0.717, 1.165) is 13.2 Å². The van der Waals surface area contributed by atoms with Crippen molar-refractivity contribution in [3.05, 3.63) is 0 Å². The molecule has 0 aliphatic heterocycles. The SMILES string of the molecule is CC(C)COC1CCCCC1COC(C)C. The zero-order valence-electron chi connectivity index (χ0n) is 11.4. The summed E-state index contributed by atoms with van der Waals surface area (Å²) in [6.45, 7) is 10.4. The minimum Gasteiger partial charge on any atom is -0.378 e. The Morgan fingerprint density at radius 1 is 1.06 bits per heavy atom. The van der Waals surface area contributed by atoms with Crippen molar-refractivity contribution in [2.45, 2.75) is 65.6 Å². The van der Waals surface area contributed by atoms with E-state index in [9.17, 15) is 0 Å². The molecule has 1 rings (SSSR count). The smallest absolute Gasteiger partial charge is 0.0625 e. The molecule has 0 bridgehead atoms. The van der Waals surface area contributed by atoms with Crippen molar-refractivity contribution in [3.63, 3.8) is 0 Å². The molecule has 0 radical (unpaired) electrons. The maximum absolute atomic E-state index is 6.01. The van der Waals surface area contributed by atoms with Crippen molar-refractivity contribution in [1.82, 2.24) is 0 Å². The fourth-order valence-corrected chi connectivity index (χ4v) is 2.22. The molecule has 0 aromatic carbocycles. The maximum atomic E-state index is 6.01. The fraction of sp³-hybridized carbons (Fsp3) is 1.00. The lowest BCUT2D eigenvalue weighted by Gasteiger charge is -2.32. The quantitative estimate of drug-likeness (QED) is 0.691. The van der Waals surface area contributed by atoms with Gasteiger partial charge >= 0.3 is 0 Å². The molecule has 1 aliphatic carbocycles. The number of hydrogen-bond donors (Lipinski definition) is 0. The van der Waals surface area contributed by atoms with Crippen LogP contribution in [-0.4, -0.2) is 25.4 Å². The predicted molar refractivity (Wildman–Crippen MR) is 67.6 cm³/mol. The summed E-state index contributed by atoms with van der Waals surface area (Å²) in [5, 5.41) is 0. The molecule has 2 atom stereocenters. The van der Waals surface area contributed by atoms with E-state index in [4.69, 9.17) is 9.47 Å². The summed E-state index contributed by atoms with van der Waals surface area (Å²) >= 11 is 0. The Hall–Kier alpha value is -0.0800. The van der Waals surface area contributed by atoms with Gasteiger partial charge in [-0.05, 0) is 32.6 Å². The van der Waals surface area contributed by atoms with E-state index in [2.05, 4.69) is 27.7 Å². The molecule has 0 aromatic heterocycles.